The van der Waals surface area contributed by atoms with Crippen molar-refractivity contribution in [1.82, 2.24) is 0 Å². The predicted octanol–water partition coefficient (Wildman–Crippen LogP) is 0.834. The van der Waals surface area contributed by atoms with Crippen molar-refractivity contribution in [2.45, 2.75) is 31.7 Å². The molecule has 0 rings (SSSR count). The maximum absolute atomic E-state index is 12.4. The van der Waals surface area contributed by atoms with Crippen molar-refractivity contribution in [3.8, 4) is 0 Å². The second kappa shape index (κ2) is 3.61. The van der Waals surface area contributed by atoms with Crippen molar-refractivity contribution in [1.29, 1.82) is 0 Å². The van der Waals surface area contributed by atoms with Crippen LogP contribution in [0.4, 0.5) is 8.78 Å². The molecule has 0 spiro atoms. The number of carboxylic acid groups (broad SMARTS) is 1. The molecule has 0 fully saturated rings. The van der Waals surface area contributed by atoms with E-state index in [0.717, 1.165) is 0 Å². The smallest absolute Gasteiger partial charge is 0.320 e. The first-order valence-corrected chi connectivity index (χ1v) is 3.25. The fraction of sp³-hybridized carbons (Fsp3) is 0.833. The highest BCUT2D eigenvalue weighted by Crippen LogP contribution is 2.23. The SMILES string of the molecule is CCC(F)(F)CC(N)C(=O)O. The zero-order chi connectivity index (χ0) is 9.07. The molecule has 3 nitrogen and oxygen atoms in total. The highest BCUT2D eigenvalue weighted by atomic mass is 19.3. The van der Waals surface area contributed by atoms with Gasteiger partial charge in [0.1, 0.15) is 6.04 Å². The summed E-state index contributed by atoms with van der Waals surface area (Å²) in [5.41, 5.74) is 4.90. The van der Waals surface area contributed by atoms with E-state index in [2.05, 4.69) is 0 Å². The van der Waals surface area contributed by atoms with Crippen LogP contribution in [0.5, 0.6) is 0 Å². The Morgan fingerprint density at radius 3 is 2.45 bits per heavy atom. The lowest BCUT2D eigenvalue weighted by molar-refractivity contribution is -0.141. The average molecular weight is 167 g/mol. The van der Waals surface area contributed by atoms with Gasteiger partial charge in [-0.15, -0.1) is 0 Å². The maximum atomic E-state index is 12.4. The van der Waals surface area contributed by atoms with Crippen molar-refractivity contribution >= 4 is 5.97 Å². The van der Waals surface area contributed by atoms with Gasteiger partial charge in [-0.1, -0.05) is 6.92 Å². The van der Waals surface area contributed by atoms with Crippen LogP contribution < -0.4 is 5.73 Å². The molecule has 0 aromatic rings. The zero-order valence-corrected chi connectivity index (χ0v) is 6.18. The van der Waals surface area contributed by atoms with Crippen molar-refractivity contribution in [2.24, 2.45) is 5.73 Å². The molecule has 0 aliphatic rings. The molecule has 0 bridgehead atoms. The minimum Gasteiger partial charge on any atom is -0.480 e. The van der Waals surface area contributed by atoms with Crippen molar-refractivity contribution in [3.05, 3.63) is 0 Å². The molecular formula is C6H11F2NO2. The van der Waals surface area contributed by atoms with Gasteiger partial charge in [0.05, 0.1) is 0 Å². The molecule has 0 aliphatic carbocycles. The summed E-state index contributed by atoms with van der Waals surface area (Å²) < 4.78 is 24.8. The number of rotatable bonds is 4. The van der Waals surface area contributed by atoms with E-state index in [1.54, 1.807) is 0 Å². The van der Waals surface area contributed by atoms with E-state index < -0.39 is 24.4 Å². The van der Waals surface area contributed by atoms with Crippen LogP contribution in [0.1, 0.15) is 19.8 Å². The Bertz CT molecular complexity index is 150. The fourth-order valence-corrected chi connectivity index (χ4v) is 0.553. The van der Waals surface area contributed by atoms with Gasteiger partial charge in [0.25, 0.3) is 0 Å². The van der Waals surface area contributed by atoms with Crippen LogP contribution in [0.2, 0.25) is 0 Å². The second-order valence-corrected chi connectivity index (χ2v) is 2.36. The number of carboxylic acids is 1. The molecule has 0 aliphatic heterocycles. The molecule has 1 unspecified atom stereocenters. The summed E-state index contributed by atoms with van der Waals surface area (Å²) >= 11 is 0. The minimum atomic E-state index is -2.96. The third-order valence-corrected chi connectivity index (χ3v) is 1.35. The molecule has 0 heterocycles. The fourth-order valence-electron chi connectivity index (χ4n) is 0.553. The molecule has 0 saturated heterocycles. The zero-order valence-electron chi connectivity index (χ0n) is 6.18. The number of hydrogen-bond acceptors (Lipinski definition) is 2. The molecule has 3 N–H and O–H groups in total. The summed E-state index contributed by atoms with van der Waals surface area (Å²) in [5.74, 6) is -4.35. The minimum absolute atomic E-state index is 0.381. The van der Waals surface area contributed by atoms with Gasteiger partial charge in [0.2, 0.25) is 5.92 Å². The summed E-state index contributed by atoms with van der Waals surface area (Å²) in [5, 5.41) is 8.18. The van der Waals surface area contributed by atoms with E-state index in [1.807, 2.05) is 0 Å². The Labute approximate surface area is 63.2 Å². The monoisotopic (exact) mass is 167 g/mol. The Morgan fingerprint density at radius 2 is 2.18 bits per heavy atom. The van der Waals surface area contributed by atoms with Crippen LogP contribution in [0.3, 0.4) is 0 Å². The molecule has 1 atom stereocenters. The number of halogens is 2. The third kappa shape index (κ3) is 3.87. The number of carbonyl (C=O) groups is 1. The average Bonchev–Trinajstić information content (AvgIpc) is 1.87. The van der Waals surface area contributed by atoms with Crippen LogP contribution in [-0.2, 0) is 4.79 Å². The van der Waals surface area contributed by atoms with Gasteiger partial charge in [-0.25, -0.2) is 8.78 Å². The predicted molar refractivity (Wildman–Crippen MR) is 35.5 cm³/mol. The summed E-state index contributed by atoms with van der Waals surface area (Å²) in [6.07, 6.45) is -1.17. The molecule has 0 radical (unpaired) electrons. The van der Waals surface area contributed by atoms with E-state index in [-0.39, 0.29) is 6.42 Å². The van der Waals surface area contributed by atoms with E-state index >= 15 is 0 Å². The highest BCUT2D eigenvalue weighted by molar-refractivity contribution is 5.73. The highest BCUT2D eigenvalue weighted by Gasteiger charge is 2.31. The van der Waals surface area contributed by atoms with Crippen LogP contribution in [-0.4, -0.2) is 23.0 Å². The Hall–Kier alpha value is -0.710. The lowest BCUT2D eigenvalue weighted by Gasteiger charge is -2.15. The Balaban J connectivity index is 3.93. The number of aliphatic carboxylic acids is 1. The first-order chi connectivity index (χ1) is 4.89. The Kier molecular flexibility index (Phi) is 3.38. The quantitative estimate of drug-likeness (QED) is 0.651. The molecule has 0 saturated carbocycles. The largest absolute Gasteiger partial charge is 0.480 e. The first-order valence-electron chi connectivity index (χ1n) is 3.25. The van der Waals surface area contributed by atoms with Gasteiger partial charge in [0, 0.05) is 12.8 Å². The molecule has 66 valence electrons. The lowest BCUT2D eigenvalue weighted by Crippen LogP contribution is -2.36. The molecule has 5 heteroatoms. The lowest BCUT2D eigenvalue weighted by atomic mass is 10.1. The summed E-state index contributed by atoms with van der Waals surface area (Å²) in [4.78, 5) is 10.0. The topological polar surface area (TPSA) is 63.3 Å². The van der Waals surface area contributed by atoms with Gasteiger partial charge in [-0.05, 0) is 0 Å². The van der Waals surface area contributed by atoms with Crippen LogP contribution in [0, 0.1) is 0 Å². The van der Waals surface area contributed by atoms with Gasteiger partial charge in [-0.3, -0.25) is 4.79 Å². The van der Waals surface area contributed by atoms with Gasteiger partial charge >= 0.3 is 5.97 Å². The number of alkyl halides is 2. The Morgan fingerprint density at radius 1 is 1.73 bits per heavy atom. The maximum Gasteiger partial charge on any atom is 0.320 e. The van der Waals surface area contributed by atoms with Crippen LogP contribution in [0.25, 0.3) is 0 Å². The second-order valence-electron chi connectivity index (χ2n) is 2.36. The van der Waals surface area contributed by atoms with E-state index in [1.165, 1.54) is 6.92 Å². The molecule has 0 aromatic carbocycles. The number of nitrogens with two attached hydrogens (primary N) is 1. The first kappa shape index (κ1) is 10.3. The summed E-state index contributed by atoms with van der Waals surface area (Å²) in [6, 6.07) is -1.47. The van der Waals surface area contributed by atoms with E-state index in [9.17, 15) is 13.6 Å². The third-order valence-electron chi connectivity index (χ3n) is 1.35. The molecule has 11 heavy (non-hydrogen) atoms. The summed E-state index contributed by atoms with van der Waals surface area (Å²) in [7, 11) is 0. The van der Waals surface area contributed by atoms with Gasteiger partial charge in [0.15, 0.2) is 0 Å². The van der Waals surface area contributed by atoms with E-state index in [0.29, 0.717) is 0 Å². The van der Waals surface area contributed by atoms with Crippen LogP contribution >= 0.6 is 0 Å². The molecule has 0 aromatic heterocycles. The van der Waals surface area contributed by atoms with Crippen LogP contribution in [0.15, 0.2) is 0 Å². The van der Waals surface area contributed by atoms with Gasteiger partial charge < -0.3 is 10.8 Å². The normalized spacial score (nSPS) is 14.5. The molecule has 0 amide bonds. The van der Waals surface area contributed by atoms with E-state index in [4.69, 9.17) is 10.8 Å². The standard InChI is InChI=1S/C6H11F2NO2/c1-2-6(7,8)3-4(9)5(10)11/h4H,2-3,9H2,1H3,(H,10,11). The summed E-state index contributed by atoms with van der Waals surface area (Å²) in [6.45, 7) is 1.29. The van der Waals surface area contributed by atoms with Crippen molar-refractivity contribution < 1.29 is 18.7 Å². The number of hydrogen-bond donors (Lipinski definition) is 2. The molecular weight excluding hydrogens is 156 g/mol. The van der Waals surface area contributed by atoms with Crippen molar-refractivity contribution in [3.63, 3.8) is 0 Å². The van der Waals surface area contributed by atoms with Gasteiger partial charge in [-0.2, -0.15) is 0 Å². The van der Waals surface area contributed by atoms with Crippen molar-refractivity contribution in [2.75, 3.05) is 0 Å².